The van der Waals surface area contributed by atoms with Crippen LogP contribution in [0.3, 0.4) is 0 Å². The van der Waals surface area contributed by atoms with E-state index < -0.39 is 0 Å². The van der Waals surface area contributed by atoms with Crippen LogP contribution in [0.25, 0.3) is 11.2 Å². The monoisotopic (exact) mass is 492 g/mol. The van der Waals surface area contributed by atoms with E-state index >= 15 is 0 Å². The molecule has 1 saturated carbocycles. The van der Waals surface area contributed by atoms with Crippen LogP contribution in [-0.2, 0) is 11.3 Å². The summed E-state index contributed by atoms with van der Waals surface area (Å²) in [4.78, 5) is 34.7. The van der Waals surface area contributed by atoms with Gasteiger partial charge in [0, 0.05) is 51.7 Å². The number of pyridine rings is 1. The van der Waals surface area contributed by atoms with Crippen LogP contribution in [-0.4, -0.2) is 80.0 Å². The second-order valence-corrected chi connectivity index (χ2v) is 9.90. The van der Waals surface area contributed by atoms with E-state index in [1.807, 2.05) is 18.6 Å². The first kappa shape index (κ1) is 24.4. The van der Waals surface area contributed by atoms with Crippen LogP contribution in [0.1, 0.15) is 50.3 Å². The summed E-state index contributed by atoms with van der Waals surface area (Å²) in [6.45, 7) is 5.74. The van der Waals surface area contributed by atoms with E-state index in [1.165, 1.54) is 12.8 Å². The van der Waals surface area contributed by atoms with E-state index in [4.69, 9.17) is 15.7 Å². The molecule has 0 unspecified atom stereocenters. The van der Waals surface area contributed by atoms with Gasteiger partial charge in [0.15, 0.2) is 17.0 Å². The van der Waals surface area contributed by atoms with E-state index in [1.54, 1.807) is 0 Å². The number of anilines is 3. The fourth-order valence-electron chi connectivity index (χ4n) is 4.96. The van der Waals surface area contributed by atoms with E-state index in [9.17, 15) is 4.79 Å². The predicted octanol–water partition coefficient (Wildman–Crippen LogP) is 2.50. The lowest BCUT2D eigenvalue weighted by atomic mass is 10.2. The van der Waals surface area contributed by atoms with Gasteiger partial charge >= 0.3 is 0 Å². The van der Waals surface area contributed by atoms with Crippen molar-refractivity contribution in [3.8, 4) is 0 Å². The Labute approximate surface area is 211 Å². The van der Waals surface area contributed by atoms with E-state index in [2.05, 4.69) is 48.1 Å². The molecule has 0 spiro atoms. The molecule has 3 aromatic rings. The summed E-state index contributed by atoms with van der Waals surface area (Å²) in [5, 5.41) is 6.66. The standard InChI is InChI=1S/C25H36N10O/c1-33-11-13-34(14-12-33)16-19-9-8-18(15-28-19)30-23-22-24(35(17-29-22)20-5-2-3-6-20)32-25(31-23)27-10-4-7-21(26)36/h8-9,15,17,20H,2-7,10-14,16H2,1H3,(H2,26,36)(H2,27,30,31,32). The summed E-state index contributed by atoms with van der Waals surface area (Å²) in [6.07, 6.45) is 9.42. The van der Waals surface area contributed by atoms with Gasteiger partial charge in [-0.15, -0.1) is 0 Å². The molecule has 192 valence electrons. The Kier molecular flexibility index (Phi) is 7.57. The average molecular weight is 493 g/mol. The van der Waals surface area contributed by atoms with Crippen molar-refractivity contribution in [2.24, 2.45) is 5.73 Å². The SMILES string of the molecule is CN1CCN(Cc2ccc(Nc3nc(NCCCC(N)=O)nc4c3ncn4C3CCCC3)cn2)CC1. The Bertz CT molecular complexity index is 1160. The Morgan fingerprint density at radius 2 is 1.92 bits per heavy atom. The summed E-state index contributed by atoms with van der Waals surface area (Å²) in [5.74, 6) is 0.843. The Morgan fingerprint density at radius 3 is 2.64 bits per heavy atom. The number of carbonyl (C=O) groups is 1. The number of fused-ring (bicyclic) bond motifs is 1. The van der Waals surface area contributed by atoms with Gasteiger partial charge in [-0.25, -0.2) is 4.98 Å². The summed E-state index contributed by atoms with van der Waals surface area (Å²) >= 11 is 0. The molecule has 11 heteroatoms. The number of nitrogens with two attached hydrogens (primary N) is 1. The molecule has 1 amide bonds. The van der Waals surface area contributed by atoms with Gasteiger partial charge in [0.05, 0.1) is 23.9 Å². The lowest BCUT2D eigenvalue weighted by Gasteiger charge is -2.32. The first-order valence-electron chi connectivity index (χ1n) is 12.9. The van der Waals surface area contributed by atoms with Crippen LogP contribution in [0.5, 0.6) is 0 Å². The quantitative estimate of drug-likeness (QED) is 0.365. The third-order valence-corrected chi connectivity index (χ3v) is 7.09. The van der Waals surface area contributed by atoms with Crippen molar-refractivity contribution in [1.29, 1.82) is 0 Å². The zero-order valence-electron chi connectivity index (χ0n) is 21.0. The third kappa shape index (κ3) is 5.90. The fraction of sp³-hybridized carbons (Fsp3) is 0.560. The molecule has 0 radical (unpaired) electrons. The van der Waals surface area contributed by atoms with E-state index in [-0.39, 0.29) is 5.91 Å². The number of aromatic nitrogens is 5. The summed E-state index contributed by atoms with van der Waals surface area (Å²) in [7, 11) is 2.17. The molecular formula is C25H36N10O. The second kappa shape index (κ2) is 11.2. The van der Waals surface area contributed by atoms with Gasteiger partial charge in [-0.3, -0.25) is 14.7 Å². The first-order chi connectivity index (χ1) is 17.5. The van der Waals surface area contributed by atoms with Crippen molar-refractivity contribution < 1.29 is 4.79 Å². The molecule has 1 saturated heterocycles. The minimum absolute atomic E-state index is 0.307. The van der Waals surface area contributed by atoms with Gasteiger partial charge in [-0.1, -0.05) is 12.8 Å². The minimum atomic E-state index is -0.307. The number of carbonyl (C=O) groups excluding carboxylic acids is 1. The maximum Gasteiger partial charge on any atom is 0.226 e. The van der Waals surface area contributed by atoms with Gasteiger partial charge in [0.2, 0.25) is 11.9 Å². The van der Waals surface area contributed by atoms with Crippen LogP contribution in [0.15, 0.2) is 24.7 Å². The fourth-order valence-corrected chi connectivity index (χ4v) is 4.96. The number of hydrogen-bond donors (Lipinski definition) is 3. The summed E-state index contributed by atoms with van der Waals surface area (Å²) in [5.41, 5.74) is 8.74. The Hall–Kier alpha value is -3.31. The highest BCUT2D eigenvalue weighted by molar-refractivity contribution is 5.86. The number of amides is 1. The van der Waals surface area contributed by atoms with Gasteiger partial charge < -0.3 is 25.8 Å². The molecule has 0 aromatic carbocycles. The van der Waals surface area contributed by atoms with Crippen molar-refractivity contribution in [1.82, 2.24) is 34.3 Å². The summed E-state index contributed by atoms with van der Waals surface area (Å²) in [6, 6.07) is 4.52. The topological polar surface area (TPSA) is 130 Å². The molecular weight excluding hydrogens is 456 g/mol. The second-order valence-electron chi connectivity index (χ2n) is 9.90. The summed E-state index contributed by atoms with van der Waals surface area (Å²) < 4.78 is 2.18. The van der Waals surface area contributed by atoms with Gasteiger partial charge in [-0.2, -0.15) is 9.97 Å². The number of hydrogen-bond acceptors (Lipinski definition) is 9. The minimum Gasteiger partial charge on any atom is -0.370 e. The highest BCUT2D eigenvalue weighted by Crippen LogP contribution is 2.33. The maximum atomic E-state index is 11.1. The van der Waals surface area contributed by atoms with E-state index in [0.717, 1.165) is 68.1 Å². The molecule has 5 rings (SSSR count). The van der Waals surface area contributed by atoms with E-state index in [0.29, 0.717) is 37.2 Å². The normalized spacial score (nSPS) is 17.6. The zero-order valence-corrected chi connectivity index (χ0v) is 21.0. The Morgan fingerprint density at radius 1 is 1.11 bits per heavy atom. The number of rotatable bonds is 10. The highest BCUT2D eigenvalue weighted by atomic mass is 16.1. The molecule has 0 atom stereocenters. The Balaban J connectivity index is 1.33. The van der Waals surface area contributed by atoms with Crippen molar-refractivity contribution in [3.05, 3.63) is 30.4 Å². The maximum absolute atomic E-state index is 11.1. The molecule has 1 aliphatic heterocycles. The van der Waals surface area contributed by atoms with Gasteiger partial charge in [-0.05, 0) is 38.4 Å². The van der Waals surface area contributed by atoms with Crippen LogP contribution in [0.4, 0.5) is 17.5 Å². The lowest BCUT2D eigenvalue weighted by molar-refractivity contribution is -0.118. The molecule has 11 nitrogen and oxygen atoms in total. The number of likely N-dealkylation sites (N-methyl/N-ethyl adjacent to an activating group) is 1. The number of primary amides is 1. The zero-order chi connectivity index (χ0) is 24.9. The molecule has 4 N–H and O–H groups in total. The molecule has 1 aliphatic carbocycles. The molecule has 4 heterocycles. The van der Waals surface area contributed by atoms with Crippen LogP contribution in [0, 0.1) is 0 Å². The third-order valence-electron chi connectivity index (χ3n) is 7.09. The van der Waals surface area contributed by atoms with Crippen LogP contribution >= 0.6 is 0 Å². The van der Waals surface area contributed by atoms with Crippen molar-refractivity contribution >= 4 is 34.5 Å². The largest absolute Gasteiger partial charge is 0.370 e. The number of imidazole rings is 1. The predicted molar refractivity (Wildman–Crippen MR) is 140 cm³/mol. The average Bonchev–Trinajstić information content (AvgIpc) is 3.54. The first-order valence-corrected chi connectivity index (χ1v) is 12.9. The molecule has 2 fully saturated rings. The highest BCUT2D eigenvalue weighted by Gasteiger charge is 2.22. The molecule has 3 aromatic heterocycles. The number of nitrogens with one attached hydrogen (secondary N) is 2. The van der Waals surface area contributed by atoms with Crippen molar-refractivity contribution in [2.45, 2.75) is 51.1 Å². The number of piperazine rings is 1. The molecule has 0 bridgehead atoms. The van der Waals surface area contributed by atoms with Crippen LogP contribution < -0.4 is 16.4 Å². The van der Waals surface area contributed by atoms with Crippen LogP contribution in [0.2, 0.25) is 0 Å². The van der Waals surface area contributed by atoms with Crippen molar-refractivity contribution in [2.75, 3.05) is 50.4 Å². The molecule has 36 heavy (non-hydrogen) atoms. The van der Waals surface area contributed by atoms with Crippen molar-refractivity contribution in [3.63, 3.8) is 0 Å². The van der Waals surface area contributed by atoms with Gasteiger partial charge in [0.1, 0.15) is 0 Å². The smallest absolute Gasteiger partial charge is 0.226 e. The lowest BCUT2D eigenvalue weighted by Crippen LogP contribution is -2.43. The molecule has 2 aliphatic rings. The number of nitrogens with zero attached hydrogens (tertiary/aromatic N) is 7. The van der Waals surface area contributed by atoms with Gasteiger partial charge in [0.25, 0.3) is 0 Å².